The second kappa shape index (κ2) is 4.92. The fourth-order valence-electron chi connectivity index (χ4n) is 1.56. The van der Waals surface area contributed by atoms with Crippen molar-refractivity contribution in [2.24, 2.45) is 0 Å². The fourth-order valence-corrected chi connectivity index (χ4v) is 1.94. The molecule has 0 bridgehead atoms. The van der Waals surface area contributed by atoms with Crippen molar-refractivity contribution < 1.29 is 4.74 Å². The minimum Gasteiger partial charge on any atom is -0.425 e. The van der Waals surface area contributed by atoms with Crippen molar-refractivity contribution in [1.82, 2.24) is 9.55 Å². The number of hydrogen-bond donors (Lipinski definition) is 0. The maximum atomic E-state index is 5.84. The number of imidazole rings is 1. The highest BCUT2D eigenvalue weighted by atomic mass is 79.9. The molecule has 0 fully saturated rings. The van der Waals surface area contributed by atoms with Crippen molar-refractivity contribution in [3.63, 3.8) is 0 Å². The minimum atomic E-state index is 0.313. The first-order valence-electron chi connectivity index (χ1n) is 5.56. The lowest BCUT2D eigenvalue weighted by Crippen LogP contribution is -2.02. The second-order valence-corrected chi connectivity index (χ2v) is 5.03. The molecule has 3 nitrogen and oxygen atoms in total. The van der Waals surface area contributed by atoms with Crippen LogP contribution in [0.1, 0.15) is 25.5 Å². The van der Waals surface area contributed by atoms with Gasteiger partial charge in [-0.3, -0.25) is 4.57 Å². The van der Waals surface area contributed by atoms with Gasteiger partial charge in [-0.1, -0.05) is 18.2 Å². The van der Waals surface area contributed by atoms with Crippen LogP contribution in [-0.4, -0.2) is 9.55 Å². The van der Waals surface area contributed by atoms with E-state index in [1.54, 1.807) is 0 Å². The van der Waals surface area contributed by atoms with Gasteiger partial charge in [-0.2, -0.15) is 4.98 Å². The van der Waals surface area contributed by atoms with E-state index < -0.39 is 0 Å². The van der Waals surface area contributed by atoms with Crippen molar-refractivity contribution >= 4 is 15.9 Å². The third-order valence-corrected chi connectivity index (χ3v) is 2.90. The Morgan fingerprint density at radius 2 is 2.00 bits per heavy atom. The van der Waals surface area contributed by atoms with Gasteiger partial charge in [0.15, 0.2) is 0 Å². The smallest absolute Gasteiger partial charge is 0.303 e. The summed E-state index contributed by atoms with van der Waals surface area (Å²) in [5.41, 5.74) is 1.10. The molecule has 0 atom stereocenters. The normalized spacial score (nSPS) is 10.9. The molecular weight excluding hydrogens is 280 g/mol. The lowest BCUT2D eigenvalue weighted by molar-refractivity contribution is 0.393. The van der Waals surface area contributed by atoms with E-state index in [-0.39, 0.29) is 0 Å². The standard InChI is InChI=1S/C13H15BrN2O/c1-9(2)16-8-12(14)15-13(16)17-11-7-5-4-6-10(11)3/h4-9H,1-3H3. The molecule has 1 heterocycles. The van der Waals surface area contributed by atoms with Crippen molar-refractivity contribution in [2.75, 3.05) is 0 Å². The van der Waals surface area contributed by atoms with E-state index in [1.807, 2.05) is 42.0 Å². The molecule has 0 amide bonds. The van der Waals surface area contributed by atoms with Gasteiger partial charge in [0.25, 0.3) is 0 Å². The quantitative estimate of drug-likeness (QED) is 0.842. The average Bonchev–Trinajstić information content (AvgIpc) is 2.63. The molecule has 0 saturated heterocycles. The zero-order valence-electron chi connectivity index (χ0n) is 10.1. The van der Waals surface area contributed by atoms with Crippen LogP contribution in [0, 0.1) is 6.92 Å². The summed E-state index contributed by atoms with van der Waals surface area (Å²) in [6.45, 7) is 6.21. The van der Waals surface area contributed by atoms with Crippen LogP contribution >= 0.6 is 15.9 Å². The highest BCUT2D eigenvalue weighted by Gasteiger charge is 2.12. The van der Waals surface area contributed by atoms with Crippen molar-refractivity contribution in [3.8, 4) is 11.8 Å². The first-order chi connectivity index (χ1) is 8.08. The molecule has 1 aromatic carbocycles. The molecule has 4 heteroatoms. The third-order valence-electron chi connectivity index (χ3n) is 2.52. The molecule has 0 saturated carbocycles. The molecule has 0 unspecified atom stereocenters. The molecule has 0 aliphatic heterocycles. The van der Waals surface area contributed by atoms with Gasteiger partial charge in [-0.25, -0.2) is 0 Å². The van der Waals surface area contributed by atoms with Gasteiger partial charge < -0.3 is 4.74 Å². The Kier molecular flexibility index (Phi) is 3.52. The van der Waals surface area contributed by atoms with Gasteiger partial charge in [0.05, 0.1) is 0 Å². The Balaban J connectivity index is 2.33. The summed E-state index contributed by atoms with van der Waals surface area (Å²) in [6, 6.07) is 8.84. The van der Waals surface area contributed by atoms with Crippen LogP contribution in [0.2, 0.25) is 0 Å². The number of halogens is 1. The Labute approximate surface area is 110 Å². The maximum absolute atomic E-state index is 5.84. The first-order valence-corrected chi connectivity index (χ1v) is 6.35. The minimum absolute atomic E-state index is 0.313. The molecule has 2 rings (SSSR count). The molecule has 0 N–H and O–H groups in total. The highest BCUT2D eigenvalue weighted by molar-refractivity contribution is 9.10. The number of aromatic nitrogens is 2. The Hall–Kier alpha value is -1.29. The van der Waals surface area contributed by atoms with Crippen LogP contribution in [0.3, 0.4) is 0 Å². The summed E-state index contributed by atoms with van der Waals surface area (Å²) in [7, 11) is 0. The number of benzene rings is 1. The molecular formula is C13H15BrN2O. The van der Waals surface area contributed by atoms with E-state index >= 15 is 0 Å². The van der Waals surface area contributed by atoms with Crippen LogP contribution in [0.25, 0.3) is 0 Å². The van der Waals surface area contributed by atoms with Crippen molar-refractivity contribution in [3.05, 3.63) is 40.6 Å². The van der Waals surface area contributed by atoms with Gasteiger partial charge in [-0.05, 0) is 48.3 Å². The average molecular weight is 295 g/mol. The summed E-state index contributed by atoms with van der Waals surface area (Å²) in [6.07, 6.45) is 1.93. The van der Waals surface area contributed by atoms with Crippen LogP contribution in [-0.2, 0) is 0 Å². The van der Waals surface area contributed by atoms with Crippen LogP contribution in [0.15, 0.2) is 35.1 Å². The second-order valence-electron chi connectivity index (χ2n) is 4.21. The molecule has 0 spiro atoms. The van der Waals surface area contributed by atoms with E-state index in [2.05, 4.69) is 34.8 Å². The number of hydrogen-bond acceptors (Lipinski definition) is 2. The van der Waals surface area contributed by atoms with Gasteiger partial charge in [-0.15, -0.1) is 0 Å². The predicted octanol–water partition coefficient (Wildman–Crippen LogP) is 4.33. The van der Waals surface area contributed by atoms with Gasteiger partial charge in [0.2, 0.25) is 0 Å². The van der Waals surface area contributed by atoms with Crippen LogP contribution in [0.4, 0.5) is 0 Å². The molecule has 0 radical (unpaired) electrons. The summed E-state index contributed by atoms with van der Waals surface area (Å²) in [5, 5.41) is 0. The Morgan fingerprint density at radius 3 is 2.65 bits per heavy atom. The third kappa shape index (κ3) is 2.69. The van der Waals surface area contributed by atoms with E-state index in [9.17, 15) is 0 Å². The first kappa shape index (κ1) is 12.2. The fraction of sp³-hybridized carbons (Fsp3) is 0.308. The van der Waals surface area contributed by atoms with Crippen LogP contribution < -0.4 is 4.74 Å². The molecule has 90 valence electrons. The summed E-state index contributed by atoms with van der Waals surface area (Å²) < 4.78 is 8.63. The van der Waals surface area contributed by atoms with E-state index in [0.717, 1.165) is 15.9 Å². The van der Waals surface area contributed by atoms with Crippen molar-refractivity contribution in [1.29, 1.82) is 0 Å². The Morgan fingerprint density at radius 1 is 1.29 bits per heavy atom. The van der Waals surface area contributed by atoms with E-state index in [1.165, 1.54) is 0 Å². The number of rotatable bonds is 3. The van der Waals surface area contributed by atoms with Crippen molar-refractivity contribution in [2.45, 2.75) is 26.8 Å². The van der Waals surface area contributed by atoms with E-state index in [4.69, 9.17) is 4.74 Å². The number of nitrogens with zero attached hydrogens (tertiary/aromatic N) is 2. The predicted molar refractivity (Wildman–Crippen MR) is 71.6 cm³/mol. The molecule has 17 heavy (non-hydrogen) atoms. The SMILES string of the molecule is Cc1ccccc1Oc1nc(Br)cn1C(C)C. The highest BCUT2D eigenvalue weighted by Crippen LogP contribution is 2.27. The zero-order chi connectivity index (χ0) is 12.4. The summed E-state index contributed by atoms with van der Waals surface area (Å²) >= 11 is 3.37. The van der Waals surface area contributed by atoms with Gasteiger partial charge in [0.1, 0.15) is 10.4 Å². The maximum Gasteiger partial charge on any atom is 0.303 e. The topological polar surface area (TPSA) is 27.1 Å². The number of ether oxygens (including phenoxy) is 1. The monoisotopic (exact) mass is 294 g/mol. The van der Waals surface area contributed by atoms with Gasteiger partial charge >= 0.3 is 6.01 Å². The molecule has 2 aromatic rings. The lowest BCUT2D eigenvalue weighted by Gasteiger charge is -2.12. The number of aryl methyl sites for hydroxylation is 1. The molecule has 0 aliphatic rings. The molecule has 1 aromatic heterocycles. The zero-order valence-corrected chi connectivity index (χ0v) is 11.7. The molecule has 0 aliphatic carbocycles. The van der Waals surface area contributed by atoms with E-state index in [0.29, 0.717) is 12.1 Å². The lowest BCUT2D eigenvalue weighted by atomic mass is 10.2. The Bertz CT molecular complexity index is 520. The largest absolute Gasteiger partial charge is 0.425 e. The summed E-state index contributed by atoms with van der Waals surface area (Å²) in [4.78, 5) is 4.33. The summed E-state index contributed by atoms with van der Waals surface area (Å²) in [5.74, 6) is 0.840. The van der Waals surface area contributed by atoms with Gasteiger partial charge in [0, 0.05) is 12.2 Å². The van der Waals surface area contributed by atoms with Crippen LogP contribution in [0.5, 0.6) is 11.8 Å². The number of para-hydroxylation sites is 1.